The zero-order valence-electron chi connectivity index (χ0n) is 14.0. The second kappa shape index (κ2) is 9.05. The van der Waals surface area contributed by atoms with Gasteiger partial charge in [0.15, 0.2) is 6.10 Å². The number of aromatic hydroxyl groups is 1. The number of hydrogen-bond donors (Lipinski definition) is 4. The number of carbonyl (C=O) groups is 1. The van der Waals surface area contributed by atoms with Gasteiger partial charge in [-0.1, -0.05) is 30.3 Å². The molecule has 0 saturated heterocycles. The number of aliphatic hydroxyl groups excluding tert-OH is 1. The molecule has 2 rings (SSSR count). The highest BCUT2D eigenvalue weighted by Crippen LogP contribution is 2.19. The Morgan fingerprint density at radius 3 is 2.36 bits per heavy atom. The number of nitrogens with one attached hydrogen (secondary N) is 1. The predicted octanol–water partition coefficient (Wildman–Crippen LogP) is 2.33. The van der Waals surface area contributed by atoms with Crippen molar-refractivity contribution in [2.75, 3.05) is 6.54 Å². The van der Waals surface area contributed by atoms with Gasteiger partial charge in [0, 0.05) is 12.5 Å². The lowest BCUT2D eigenvalue weighted by Crippen LogP contribution is -2.37. The van der Waals surface area contributed by atoms with Gasteiger partial charge in [-0.05, 0) is 43.3 Å². The molecule has 134 valence electrons. The van der Waals surface area contributed by atoms with E-state index in [-0.39, 0.29) is 18.2 Å². The van der Waals surface area contributed by atoms with Gasteiger partial charge in [-0.3, -0.25) is 0 Å². The second-order valence-electron chi connectivity index (χ2n) is 5.83. The third kappa shape index (κ3) is 5.77. The van der Waals surface area contributed by atoms with Crippen LogP contribution in [0.25, 0.3) is 0 Å². The number of benzene rings is 2. The average molecular weight is 345 g/mol. The summed E-state index contributed by atoms with van der Waals surface area (Å²) in [4.78, 5) is 11.3. The highest BCUT2D eigenvalue weighted by molar-refractivity contribution is 5.72. The quantitative estimate of drug-likeness (QED) is 0.557. The Labute approximate surface area is 146 Å². The van der Waals surface area contributed by atoms with E-state index in [2.05, 4.69) is 5.32 Å². The van der Waals surface area contributed by atoms with Crippen LogP contribution in [0, 0.1) is 0 Å². The van der Waals surface area contributed by atoms with Crippen LogP contribution in [0.2, 0.25) is 0 Å². The minimum atomic E-state index is -1.03. The molecule has 0 spiro atoms. The molecule has 0 saturated carbocycles. The molecular weight excluding hydrogens is 322 g/mol. The molecule has 4 N–H and O–H groups in total. The lowest BCUT2D eigenvalue weighted by molar-refractivity contribution is -0.145. The molecule has 25 heavy (non-hydrogen) atoms. The Balaban J connectivity index is 1.84. The maximum atomic E-state index is 11.3. The van der Waals surface area contributed by atoms with Crippen molar-refractivity contribution >= 4 is 5.97 Å². The molecule has 1 unspecified atom stereocenters. The van der Waals surface area contributed by atoms with Crippen molar-refractivity contribution in [2.45, 2.75) is 31.6 Å². The summed E-state index contributed by atoms with van der Waals surface area (Å²) in [5.74, 6) is -0.386. The standard InChI is InChI=1S/C19H23NO5/c1-13(18(22)14-7-9-15(21)10-8-14)20-12-11-17(19(23)24)25-16-5-3-2-4-6-16/h2-10,13,17-18,20-22H,11-12H2,1H3,(H,23,24)/t13-,17?,18-/m0/s1. The van der Waals surface area contributed by atoms with Crippen molar-refractivity contribution in [3.63, 3.8) is 0 Å². The van der Waals surface area contributed by atoms with Gasteiger partial charge < -0.3 is 25.4 Å². The van der Waals surface area contributed by atoms with Crippen molar-refractivity contribution in [1.29, 1.82) is 0 Å². The van der Waals surface area contributed by atoms with E-state index < -0.39 is 18.2 Å². The number of phenols is 1. The first-order valence-electron chi connectivity index (χ1n) is 8.12. The van der Waals surface area contributed by atoms with Crippen molar-refractivity contribution in [2.24, 2.45) is 0 Å². The summed E-state index contributed by atoms with van der Waals surface area (Å²) < 4.78 is 5.49. The number of carboxylic acid groups (broad SMARTS) is 1. The Kier molecular flexibility index (Phi) is 6.80. The Morgan fingerprint density at radius 1 is 1.12 bits per heavy atom. The second-order valence-corrected chi connectivity index (χ2v) is 5.83. The van der Waals surface area contributed by atoms with Crippen LogP contribution in [-0.2, 0) is 4.79 Å². The monoisotopic (exact) mass is 345 g/mol. The Morgan fingerprint density at radius 2 is 1.76 bits per heavy atom. The third-order valence-corrected chi connectivity index (χ3v) is 3.88. The van der Waals surface area contributed by atoms with Gasteiger partial charge in [0.05, 0.1) is 6.10 Å². The van der Waals surface area contributed by atoms with E-state index in [1.54, 1.807) is 36.4 Å². The first kappa shape index (κ1) is 18.8. The molecule has 0 aromatic heterocycles. The predicted molar refractivity (Wildman–Crippen MR) is 93.6 cm³/mol. The molecule has 2 aromatic rings. The van der Waals surface area contributed by atoms with E-state index in [1.807, 2.05) is 13.0 Å². The first-order chi connectivity index (χ1) is 12.0. The van der Waals surface area contributed by atoms with Gasteiger partial charge in [0.25, 0.3) is 0 Å². The number of ether oxygens (including phenoxy) is 1. The maximum absolute atomic E-state index is 11.3. The number of hydrogen-bond acceptors (Lipinski definition) is 5. The number of para-hydroxylation sites is 1. The summed E-state index contributed by atoms with van der Waals surface area (Å²) in [5, 5.41) is 32.0. The molecule has 0 radical (unpaired) electrons. The summed E-state index contributed by atoms with van der Waals surface area (Å²) >= 11 is 0. The van der Waals surface area contributed by atoms with Gasteiger partial charge in [0.1, 0.15) is 11.5 Å². The minimum absolute atomic E-state index is 0.138. The van der Waals surface area contributed by atoms with E-state index >= 15 is 0 Å². The van der Waals surface area contributed by atoms with Crippen molar-refractivity contribution in [3.05, 3.63) is 60.2 Å². The van der Waals surface area contributed by atoms with Crippen LogP contribution in [-0.4, -0.2) is 40.0 Å². The number of rotatable bonds is 9. The van der Waals surface area contributed by atoms with Gasteiger partial charge in [-0.25, -0.2) is 4.79 Å². The first-order valence-corrected chi connectivity index (χ1v) is 8.12. The topological polar surface area (TPSA) is 99.0 Å². The van der Waals surface area contributed by atoms with Gasteiger partial charge >= 0.3 is 5.97 Å². The lowest BCUT2D eigenvalue weighted by Gasteiger charge is -2.22. The molecule has 0 amide bonds. The van der Waals surface area contributed by atoms with Crippen LogP contribution < -0.4 is 10.1 Å². The number of aliphatic hydroxyl groups is 1. The van der Waals surface area contributed by atoms with Gasteiger partial charge in [-0.2, -0.15) is 0 Å². The fourth-order valence-corrected chi connectivity index (χ4v) is 2.41. The van der Waals surface area contributed by atoms with E-state index in [0.717, 1.165) is 0 Å². The van der Waals surface area contributed by atoms with Gasteiger partial charge in [-0.15, -0.1) is 0 Å². The summed E-state index contributed by atoms with van der Waals surface area (Å²) in [6.07, 6.45) is -1.47. The van der Waals surface area contributed by atoms with E-state index in [0.29, 0.717) is 17.9 Å². The highest BCUT2D eigenvalue weighted by Gasteiger charge is 2.21. The average Bonchev–Trinajstić information content (AvgIpc) is 2.61. The number of aliphatic carboxylic acids is 1. The van der Waals surface area contributed by atoms with E-state index in [4.69, 9.17) is 4.74 Å². The van der Waals surface area contributed by atoms with Crippen LogP contribution >= 0.6 is 0 Å². The van der Waals surface area contributed by atoms with Crippen LogP contribution in [0.15, 0.2) is 54.6 Å². The van der Waals surface area contributed by atoms with Crippen molar-refractivity contribution in [1.82, 2.24) is 5.32 Å². The zero-order valence-corrected chi connectivity index (χ0v) is 14.0. The molecule has 0 heterocycles. The summed E-state index contributed by atoms with van der Waals surface area (Å²) in [6.45, 7) is 2.19. The van der Waals surface area contributed by atoms with Crippen LogP contribution in [0.1, 0.15) is 25.0 Å². The summed E-state index contributed by atoms with van der Waals surface area (Å²) in [6, 6.07) is 14.9. The number of carboxylic acids is 1. The Hall–Kier alpha value is -2.57. The molecule has 0 aliphatic rings. The fraction of sp³-hybridized carbons (Fsp3) is 0.316. The smallest absolute Gasteiger partial charge is 0.344 e. The molecular formula is C19H23NO5. The molecule has 3 atom stereocenters. The molecule has 2 aromatic carbocycles. The van der Waals surface area contributed by atoms with Crippen LogP contribution in [0.4, 0.5) is 0 Å². The normalized spacial score (nSPS) is 14.5. The third-order valence-electron chi connectivity index (χ3n) is 3.88. The zero-order chi connectivity index (χ0) is 18.2. The highest BCUT2D eigenvalue weighted by atomic mass is 16.5. The lowest BCUT2D eigenvalue weighted by atomic mass is 10.0. The molecule has 0 bridgehead atoms. The SMILES string of the molecule is C[C@H](NCCC(Oc1ccccc1)C(=O)O)[C@H](O)c1ccc(O)cc1. The maximum Gasteiger partial charge on any atom is 0.344 e. The van der Waals surface area contributed by atoms with Crippen LogP contribution in [0.5, 0.6) is 11.5 Å². The summed E-state index contributed by atoms with van der Waals surface area (Å²) in [7, 11) is 0. The van der Waals surface area contributed by atoms with Crippen molar-refractivity contribution < 1.29 is 24.9 Å². The Bertz CT molecular complexity index is 659. The van der Waals surface area contributed by atoms with Crippen molar-refractivity contribution in [3.8, 4) is 11.5 Å². The minimum Gasteiger partial charge on any atom is -0.508 e. The largest absolute Gasteiger partial charge is 0.508 e. The van der Waals surface area contributed by atoms with Crippen LogP contribution in [0.3, 0.4) is 0 Å². The molecule has 6 nitrogen and oxygen atoms in total. The molecule has 0 aliphatic heterocycles. The van der Waals surface area contributed by atoms with E-state index in [1.165, 1.54) is 12.1 Å². The molecule has 0 fully saturated rings. The summed E-state index contributed by atoms with van der Waals surface area (Å²) in [5.41, 5.74) is 0.674. The number of phenolic OH excluding ortho intramolecular Hbond substituents is 1. The fourth-order valence-electron chi connectivity index (χ4n) is 2.41. The van der Waals surface area contributed by atoms with Gasteiger partial charge in [0.2, 0.25) is 0 Å². The van der Waals surface area contributed by atoms with E-state index in [9.17, 15) is 20.1 Å². The molecule has 0 aliphatic carbocycles. The molecule has 6 heteroatoms.